The van der Waals surface area contributed by atoms with Gasteiger partial charge in [-0.15, -0.1) is 12.3 Å². The summed E-state index contributed by atoms with van der Waals surface area (Å²) in [6, 6.07) is 15.7. The number of hydrogen-bond acceptors (Lipinski definition) is 5. The molecule has 0 bridgehead atoms. The molecule has 0 aliphatic heterocycles. The third-order valence-electron chi connectivity index (χ3n) is 5.22. The number of rotatable bonds is 15. The molecule has 0 atom stereocenters. The fraction of sp³-hybridized carbons (Fsp3) is 0.353. The average molecular weight is 602 g/mol. The van der Waals surface area contributed by atoms with Crippen LogP contribution in [-0.2, 0) is 22.5 Å². The number of carboxylic acids is 1. The summed E-state index contributed by atoms with van der Waals surface area (Å²) in [7, 11) is 0. The van der Waals surface area contributed by atoms with Crippen molar-refractivity contribution in [3.05, 3.63) is 95.8 Å². The number of allylic oxidation sites excluding steroid dienone is 5. The predicted octanol–water partition coefficient (Wildman–Crippen LogP) is 8.73. The number of nitrogens with zero attached hydrogens (tertiary/aromatic N) is 1. The van der Waals surface area contributed by atoms with Crippen LogP contribution in [-0.4, -0.2) is 36.7 Å². The molecule has 0 amide bonds. The van der Waals surface area contributed by atoms with Gasteiger partial charge >= 0.3 is 12.1 Å². The van der Waals surface area contributed by atoms with Crippen molar-refractivity contribution in [2.75, 3.05) is 13.2 Å². The minimum absolute atomic E-state index is 0.0863. The number of hydrogen-bond donors (Lipinski definition) is 1. The van der Waals surface area contributed by atoms with Crippen LogP contribution in [0, 0.1) is 12.3 Å². The van der Waals surface area contributed by atoms with Gasteiger partial charge in [-0.05, 0) is 50.0 Å². The lowest BCUT2D eigenvalue weighted by molar-refractivity contribution is -0.137. The Labute approximate surface area is 253 Å². The highest BCUT2D eigenvalue weighted by molar-refractivity contribution is 5.81. The summed E-state index contributed by atoms with van der Waals surface area (Å²) in [5, 5.41) is 12.5. The molecular formula is C34H42F3NO5. The number of terminal acetylenes is 1. The smallest absolute Gasteiger partial charge is 0.392 e. The van der Waals surface area contributed by atoms with Gasteiger partial charge in [-0.2, -0.15) is 13.2 Å². The monoisotopic (exact) mass is 601 g/mol. The van der Waals surface area contributed by atoms with Gasteiger partial charge in [0.25, 0.3) is 0 Å². The Hall–Kier alpha value is -4.45. The fourth-order valence-corrected chi connectivity index (χ4v) is 3.07. The molecule has 2 rings (SSSR count). The van der Waals surface area contributed by atoms with Gasteiger partial charge < -0.3 is 19.4 Å². The van der Waals surface area contributed by atoms with Crippen LogP contribution in [0.5, 0.6) is 11.5 Å². The maximum Gasteiger partial charge on any atom is 0.392 e. The molecule has 43 heavy (non-hydrogen) atoms. The van der Waals surface area contributed by atoms with Crippen LogP contribution >= 0.6 is 0 Å². The summed E-state index contributed by atoms with van der Waals surface area (Å²) >= 11 is 0. The van der Waals surface area contributed by atoms with Gasteiger partial charge in [-0.25, -0.2) is 0 Å². The van der Waals surface area contributed by atoms with E-state index in [9.17, 15) is 18.0 Å². The number of alkyl halides is 3. The van der Waals surface area contributed by atoms with Gasteiger partial charge in [-0.3, -0.25) is 4.79 Å². The third kappa shape index (κ3) is 21.0. The largest absolute Gasteiger partial charge is 0.494 e. The Balaban J connectivity index is 0.000000783. The summed E-state index contributed by atoms with van der Waals surface area (Å²) in [6.45, 7) is 11.8. The standard InChI is InChI=1S/C19H22O4.C12H16F3NO.C3H4/c1-2-22-17-10-8-16(9-11-19(20)21)18(14-17)23-13-12-15-6-4-3-5-7-15;1-4-10(3)17-16-9-11(5-2)7-6-8-12(13,14)15;1-3-2/h3-8,10,14H,2,9,11-13H2,1H3,(H,20,21);5-7,9H,3-4,8H2,1-2H3;1H,2H3/b;7-6-,11-5+,16-9+;. The number of aryl methyl sites for hydroxylation is 1. The number of halogens is 3. The van der Waals surface area contributed by atoms with Gasteiger partial charge in [0.2, 0.25) is 0 Å². The first-order chi connectivity index (χ1) is 20.5. The fourth-order valence-electron chi connectivity index (χ4n) is 3.07. The number of aliphatic carboxylic acids is 1. The zero-order valence-corrected chi connectivity index (χ0v) is 25.3. The second-order valence-corrected chi connectivity index (χ2v) is 8.70. The van der Waals surface area contributed by atoms with Crippen molar-refractivity contribution in [3.63, 3.8) is 0 Å². The van der Waals surface area contributed by atoms with E-state index in [0.29, 0.717) is 43.1 Å². The van der Waals surface area contributed by atoms with E-state index in [1.165, 1.54) is 17.9 Å². The highest BCUT2D eigenvalue weighted by atomic mass is 19.4. The molecule has 0 spiro atoms. The van der Waals surface area contributed by atoms with E-state index in [-0.39, 0.29) is 6.42 Å². The molecule has 0 aliphatic carbocycles. The van der Waals surface area contributed by atoms with Crippen molar-refractivity contribution in [3.8, 4) is 23.8 Å². The SMILES string of the molecule is C#CC.C=C(CC)O/N=C/C(/C=C\CC(F)(F)F)=C/C.CCOc1ccc(CCC(=O)O)c(OCCc2ccccc2)c1. The minimum Gasteiger partial charge on any atom is -0.494 e. The lowest BCUT2D eigenvalue weighted by atomic mass is 10.1. The number of carbonyl (C=O) groups is 1. The molecule has 2 aromatic carbocycles. The van der Waals surface area contributed by atoms with E-state index in [1.807, 2.05) is 50.2 Å². The molecule has 9 heteroatoms. The molecule has 0 fully saturated rings. The highest BCUT2D eigenvalue weighted by Gasteiger charge is 2.24. The molecule has 0 aromatic heterocycles. The summed E-state index contributed by atoms with van der Waals surface area (Å²) in [5.74, 6) is 3.37. The topological polar surface area (TPSA) is 77.4 Å². The molecule has 0 heterocycles. The quantitative estimate of drug-likeness (QED) is 0.0726. The van der Waals surface area contributed by atoms with Crippen molar-refractivity contribution in [1.29, 1.82) is 0 Å². The van der Waals surface area contributed by atoms with E-state index in [2.05, 4.69) is 36.2 Å². The molecule has 0 aliphatic rings. The number of ether oxygens (including phenoxy) is 2. The number of benzene rings is 2. The first-order valence-electron chi connectivity index (χ1n) is 13.8. The van der Waals surface area contributed by atoms with Crippen molar-refractivity contribution in [2.24, 2.45) is 5.16 Å². The third-order valence-corrected chi connectivity index (χ3v) is 5.22. The van der Waals surface area contributed by atoms with Gasteiger partial charge in [0.1, 0.15) is 17.3 Å². The summed E-state index contributed by atoms with van der Waals surface area (Å²) < 4.78 is 47.0. The van der Waals surface area contributed by atoms with Gasteiger partial charge in [0, 0.05) is 25.3 Å². The van der Waals surface area contributed by atoms with Crippen LogP contribution in [0.4, 0.5) is 13.2 Å². The molecule has 0 saturated heterocycles. The van der Waals surface area contributed by atoms with E-state index >= 15 is 0 Å². The van der Waals surface area contributed by atoms with E-state index in [0.717, 1.165) is 23.8 Å². The van der Waals surface area contributed by atoms with E-state index < -0.39 is 18.6 Å². The van der Waals surface area contributed by atoms with Crippen LogP contribution in [0.3, 0.4) is 0 Å². The Bertz CT molecular complexity index is 1210. The minimum atomic E-state index is -4.18. The van der Waals surface area contributed by atoms with Gasteiger partial charge in [-0.1, -0.05) is 73.3 Å². The maximum absolute atomic E-state index is 11.9. The molecule has 1 N–H and O–H groups in total. The average Bonchev–Trinajstić information content (AvgIpc) is 2.96. The van der Waals surface area contributed by atoms with Crippen LogP contribution in [0.1, 0.15) is 58.1 Å². The summed E-state index contributed by atoms with van der Waals surface area (Å²) in [5.41, 5.74) is 2.64. The molecule has 6 nitrogen and oxygen atoms in total. The Morgan fingerprint density at radius 2 is 1.79 bits per heavy atom. The molecule has 0 saturated carbocycles. The zero-order valence-electron chi connectivity index (χ0n) is 25.3. The summed E-state index contributed by atoms with van der Waals surface area (Å²) in [4.78, 5) is 15.6. The van der Waals surface area contributed by atoms with Crippen molar-refractivity contribution in [1.82, 2.24) is 0 Å². The Morgan fingerprint density at radius 3 is 2.35 bits per heavy atom. The van der Waals surface area contributed by atoms with E-state index in [4.69, 9.17) is 19.4 Å². The van der Waals surface area contributed by atoms with Crippen LogP contribution in [0.25, 0.3) is 0 Å². The first kappa shape index (κ1) is 38.5. The maximum atomic E-state index is 11.9. The molecule has 0 unspecified atom stereocenters. The Kier molecular flexibility index (Phi) is 20.8. The van der Waals surface area contributed by atoms with Gasteiger partial charge in [0.15, 0.2) is 0 Å². The van der Waals surface area contributed by atoms with Crippen molar-refractivity contribution >= 4 is 12.2 Å². The zero-order chi connectivity index (χ0) is 32.5. The van der Waals surface area contributed by atoms with Gasteiger partial charge in [0.05, 0.1) is 25.8 Å². The molecule has 234 valence electrons. The van der Waals surface area contributed by atoms with Crippen LogP contribution in [0.2, 0.25) is 0 Å². The van der Waals surface area contributed by atoms with Crippen LogP contribution in [0.15, 0.2) is 89.8 Å². The van der Waals surface area contributed by atoms with Crippen LogP contribution < -0.4 is 9.47 Å². The van der Waals surface area contributed by atoms with Crippen molar-refractivity contribution < 1.29 is 37.4 Å². The lowest BCUT2D eigenvalue weighted by Crippen LogP contribution is -2.05. The lowest BCUT2D eigenvalue weighted by Gasteiger charge is -2.13. The first-order valence-corrected chi connectivity index (χ1v) is 13.8. The highest BCUT2D eigenvalue weighted by Crippen LogP contribution is 2.26. The number of oxime groups is 1. The molecule has 2 aromatic rings. The molecule has 0 radical (unpaired) electrons. The summed E-state index contributed by atoms with van der Waals surface area (Å²) in [6.07, 6.45) is 6.78. The Morgan fingerprint density at radius 1 is 1.12 bits per heavy atom. The van der Waals surface area contributed by atoms with Crippen molar-refractivity contribution in [2.45, 2.75) is 66.0 Å². The molecular weight excluding hydrogens is 559 g/mol. The normalized spacial score (nSPS) is 11.1. The predicted molar refractivity (Wildman–Crippen MR) is 166 cm³/mol. The van der Waals surface area contributed by atoms with E-state index in [1.54, 1.807) is 19.9 Å². The number of carboxylic acid groups (broad SMARTS) is 1. The second-order valence-electron chi connectivity index (χ2n) is 8.70. The second kappa shape index (κ2) is 23.1.